The van der Waals surface area contributed by atoms with Crippen molar-refractivity contribution >= 4 is 12.0 Å². The molecule has 0 aliphatic carbocycles. The van der Waals surface area contributed by atoms with Gasteiger partial charge >= 0.3 is 6.09 Å². The van der Waals surface area contributed by atoms with Gasteiger partial charge in [-0.05, 0) is 20.8 Å². The minimum Gasteiger partial charge on any atom is -0.444 e. The predicted octanol–water partition coefficient (Wildman–Crippen LogP) is 0.718. The summed E-state index contributed by atoms with van der Waals surface area (Å²) in [7, 11) is 3.08. The third-order valence-corrected chi connectivity index (χ3v) is 4.50. The molecule has 2 saturated heterocycles. The van der Waals surface area contributed by atoms with E-state index in [0.29, 0.717) is 45.8 Å². The first-order valence-electron chi connectivity index (χ1n) is 8.32. The smallest absolute Gasteiger partial charge is 0.410 e. The summed E-state index contributed by atoms with van der Waals surface area (Å²) in [6.07, 6.45) is 0.325. The van der Waals surface area contributed by atoms with Crippen LogP contribution in [-0.4, -0.2) is 91.6 Å². The normalized spacial score (nSPS) is 25.6. The Bertz CT molecular complexity index is 463. The van der Waals surface area contributed by atoms with E-state index in [1.165, 1.54) is 12.2 Å². The maximum absolute atomic E-state index is 12.8. The molecule has 1 atom stereocenters. The maximum Gasteiger partial charge on any atom is 0.410 e. The van der Waals surface area contributed by atoms with E-state index in [1.807, 2.05) is 20.8 Å². The van der Waals surface area contributed by atoms with E-state index in [9.17, 15) is 9.59 Å². The highest BCUT2D eigenvalue weighted by Gasteiger charge is 2.50. The molecule has 8 heteroatoms. The van der Waals surface area contributed by atoms with Crippen molar-refractivity contribution in [1.82, 2.24) is 14.9 Å². The van der Waals surface area contributed by atoms with Gasteiger partial charge in [0.05, 0.1) is 13.7 Å². The van der Waals surface area contributed by atoms with Gasteiger partial charge in [-0.1, -0.05) is 0 Å². The molecule has 0 aromatic carbocycles. The molecule has 0 saturated carbocycles. The predicted molar refractivity (Wildman–Crippen MR) is 87.3 cm³/mol. The van der Waals surface area contributed by atoms with E-state index in [4.69, 9.17) is 14.3 Å². The first kappa shape index (κ1) is 19.0. The largest absolute Gasteiger partial charge is 0.444 e. The molecule has 0 aromatic rings. The van der Waals surface area contributed by atoms with Crippen molar-refractivity contribution in [2.24, 2.45) is 0 Å². The molecular weight excluding hydrogens is 314 g/mol. The van der Waals surface area contributed by atoms with Crippen molar-refractivity contribution in [3.8, 4) is 0 Å². The minimum atomic E-state index is -0.704. The molecule has 2 heterocycles. The van der Waals surface area contributed by atoms with Gasteiger partial charge < -0.3 is 14.4 Å². The SMILES string of the molecule is CON(C)C(=O)[C@]1(N2CCN(C(=O)OC(C)(C)C)CC2)CCOC1. The second kappa shape index (κ2) is 7.25. The van der Waals surface area contributed by atoms with Crippen molar-refractivity contribution in [2.45, 2.75) is 38.3 Å². The number of carbonyl (C=O) groups is 2. The standard InChI is InChI=1S/C16H29N3O5/c1-15(2,3)24-14(21)18-7-9-19(10-8-18)16(6-11-23-12-16)13(20)17(4)22-5/h6-12H2,1-5H3/t16-/m0/s1. The van der Waals surface area contributed by atoms with Gasteiger partial charge in [0.1, 0.15) is 11.1 Å². The first-order chi connectivity index (χ1) is 11.2. The zero-order valence-electron chi connectivity index (χ0n) is 15.3. The van der Waals surface area contributed by atoms with Crippen molar-refractivity contribution in [2.75, 3.05) is 53.6 Å². The third kappa shape index (κ3) is 3.99. The number of amides is 2. The molecule has 0 spiro atoms. The Morgan fingerprint density at radius 1 is 1.17 bits per heavy atom. The summed E-state index contributed by atoms with van der Waals surface area (Å²) >= 11 is 0. The lowest BCUT2D eigenvalue weighted by Gasteiger charge is -2.44. The fraction of sp³-hybridized carbons (Fsp3) is 0.875. The number of hydrogen-bond donors (Lipinski definition) is 0. The van der Waals surface area contributed by atoms with Crippen LogP contribution in [0.3, 0.4) is 0 Å². The Kier molecular flexibility index (Phi) is 5.72. The molecular formula is C16H29N3O5. The molecule has 8 nitrogen and oxygen atoms in total. The van der Waals surface area contributed by atoms with Gasteiger partial charge in [0.25, 0.3) is 5.91 Å². The van der Waals surface area contributed by atoms with Crippen LogP contribution in [0.2, 0.25) is 0 Å². The van der Waals surface area contributed by atoms with Crippen LogP contribution in [-0.2, 0) is 19.1 Å². The molecule has 0 aromatic heterocycles. The molecule has 2 aliphatic heterocycles. The van der Waals surface area contributed by atoms with Gasteiger partial charge in [0.15, 0.2) is 0 Å². The number of hydrogen-bond acceptors (Lipinski definition) is 6. The average Bonchev–Trinajstić information content (AvgIpc) is 3.02. The molecule has 2 fully saturated rings. The zero-order chi connectivity index (χ0) is 18.0. The van der Waals surface area contributed by atoms with E-state index in [2.05, 4.69) is 4.90 Å². The molecule has 2 rings (SSSR count). The second-order valence-electron chi connectivity index (χ2n) is 7.27. The van der Waals surface area contributed by atoms with Crippen molar-refractivity contribution in [3.63, 3.8) is 0 Å². The second-order valence-corrected chi connectivity index (χ2v) is 7.27. The summed E-state index contributed by atoms with van der Waals surface area (Å²) in [5.74, 6) is -0.104. The van der Waals surface area contributed by atoms with Gasteiger partial charge in [0, 0.05) is 46.3 Å². The fourth-order valence-corrected chi connectivity index (χ4v) is 3.13. The average molecular weight is 343 g/mol. The van der Waals surface area contributed by atoms with Gasteiger partial charge in [-0.3, -0.25) is 14.5 Å². The summed E-state index contributed by atoms with van der Waals surface area (Å²) in [5, 5.41) is 1.26. The lowest BCUT2D eigenvalue weighted by Crippen LogP contribution is -2.64. The summed E-state index contributed by atoms with van der Waals surface area (Å²) in [5.41, 5.74) is -1.21. The first-order valence-corrected chi connectivity index (χ1v) is 8.32. The lowest BCUT2D eigenvalue weighted by atomic mass is 9.93. The van der Waals surface area contributed by atoms with Crippen LogP contribution >= 0.6 is 0 Å². The highest BCUT2D eigenvalue weighted by molar-refractivity contribution is 5.86. The number of hydroxylamine groups is 2. The van der Waals surface area contributed by atoms with E-state index >= 15 is 0 Å². The minimum absolute atomic E-state index is 0.104. The highest BCUT2D eigenvalue weighted by atomic mass is 16.7. The number of carbonyl (C=O) groups excluding carboxylic acids is 2. The summed E-state index contributed by atoms with van der Waals surface area (Å²) in [6, 6.07) is 0. The lowest BCUT2D eigenvalue weighted by molar-refractivity contribution is -0.183. The Hall–Kier alpha value is -1.38. The molecule has 0 bridgehead atoms. The van der Waals surface area contributed by atoms with Crippen LogP contribution in [0.5, 0.6) is 0 Å². The molecule has 24 heavy (non-hydrogen) atoms. The van der Waals surface area contributed by atoms with E-state index < -0.39 is 11.1 Å². The number of likely N-dealkylation sites (N-methyl/N-ethyl adjacent to an activating group) is 1. The van der Waals surface area contributed by atoms with Crippen LogP contribution in [0.1, 0.15) is 27.2 Å². The molecule has 0 radical (unpaired) electrons. The van der Waals surface area contributed by atoms with E-state index in [1.54, 1.807) is 11.9 Å². The van der Waals surface area contributed by atoms with Gasteiger partial charge in [-0.25, -0.2) is 9.86 Å². The van der Waals surface area contributed by atoms with Crippen LogP contribution in [0.4, 0.5) is 4.79 Å². The summed E-state index contributed by atoms with van der Waals surface area (Å²) < 4.78 is 10.9. The number of piperazine rings is 1. The third-order valence-electron chi connectivity index (χ3n) is 4.50. The number of ether oxygens (including phenoxy) is 2. The van der Waals surface area contributed by atoms with Crippen molar-refractivity contribution in [3.05, 3.63) is 0 Å². The monoisotopic (exact) mass is 343 g/mol. The Morgan fingerprint density at radius 2 is 1.79 bits per heavy atom. The van der Waals surface area contributed by atoms with Gasteiger partial charge in [-0.15, -0.1) is 0 Å². The molecule has 138 valence electrons. The summed E-state index contributed by atoms with van der Waals surface area (Å²) in [6.45, 7) is 8.72. The van der Waals surface area contributed by atoms with Crippen LogP contribution in [0, 0.1) is 0 Å². The van der Waals surface area contributed by atoms with Gasteiger partial charge in [-0.2, -0.15) is 0 Å². The van der Waals surface area contributed by atoms with Crippen molar-refractivity contribution in [1.29, 1.82) is 0 Å². The van der Waals surface area contributed by atoms with Crippen molar-refractivity contribution < 1.29 is 23.9 Å². The van der Waals surface area contributed by atoms with Gasteiger partial charge in [0.2, 0.25) is 0 Å². The van der Waals surface area contributed by atoms with Crippen LogP contribution in [0.25, 0.3) is 0 Å². The van der Waals surface area contributed by atoms with Crippen LogP contribution < -0.4 is 0 Å². The Labute approximate surface area is 143 Å². The molecule has 2 aliphatic rings. The number of nitrogens with zero attached hydrogens (tertiary/aromatic N) is 3. The topological polar surface area (TPSA) is 71.6 Å². The van der Waals surface area contributed by atoms with E-state index in [0.717, 1.165) is 0 Å². The maximum atomic E-state index is 12.8. The summed E-state index contributed by atoms with van der Waals surface area (Å²) in [4.78, 5) is 33.8. The zero-order valence-corrected chi connectivity index (χ0v) is 15.3. The quantitative estimate of drug-likeness (QED) is 0.703. The van der Waals surface area contributed by atoms with E-state index in [-0.39, 0.29) is 12.0 Å². The van der Waals surface area contributed by atoms with Crippen LogP contribution in [0.15, 0.2) is 0 Å². The number of rotatable bonds is 3. The Morgan fingerprint density at radius 3 is 2.25 bits per heavy atom. The molecule has 0 N–H and O–H groups in total. The molecule has 2 amide bonds. The Balaban J connectivity index is 2.01. The fourth-order valence-electron chi connectivity index (χ4n) is 3.13. The molecule has 0 unspecified atom stereocenters. The highest BCUT2D eigenvalue weighted by Crippen LogP contribution is 2.30.